The van der Waals surface area contributed by atoms with E-state index in [4.69, 9.17) is 0 Å². The molecule has 1 unspecified atom stereocenters. The van der Waals surface area contributed by atoms with Crippen LogP contribution in [0, 0.1) is 12.7 Å². The molecule has 2 saturated heterocycles. The second-order valence-corrected chi connectivity index (χ2v) is 6.54. The molecule has 1 atom stereocenters. The van der Waals surface area contributed by atoms with Crippen molar-refractivity contribution in [3.63, 3.8) is 0 Å². The van der Waals surface area contributed by atoms with Crippen molar-refractivity contribution in [3.05, 3.63) is 28.0 Å². The molecule has 2 aliphatic heterocycles. The Morgan fingerprint density at radius 3 is 2.89 bits per heavy atom. The van der Waals surface area contributed by atoms with Crippen molar-refractivity contribution in [1.29, 1.82) is 0 Å². The highest BCUT2D eigenvalue weighted by Gasteiger charge is 2.29. The minimum Gasteiger partial charge on any atom is -0.368 e. The summed E-state index contributed by atoms with van der Waals surface area (Å²) in [5, 5.41) is 0. The van der Waals surface area contributed by atoms with Crippen molar-refractivity contribution in [2.24, 2.45) is 0 Å². The summed E-state index contributed by atoms with van der Waals surface area (Å²) in [5.74, 6) is -0.160. The normalized spacial score (nSPS) is 24.4. The first-order chi connectivity index (χ1) is 9.15. The zero-order valence-corrected chi connectivity index (χ0v) is 12.9. The quantitative estimate of drug-likeness (QED) is 0.778. The number of benzene rings is 1. The largest absolute Gasteiger partial charge is 0.368 e. The Morgan fingerprint density at radius 2 is 2.05 bits per heavy atom. The van der Waals surface area contributed by atoms with Crippen LogP contribution in [0.2, 0.25) is 0 Å². The van der Waals surface area contributed by atoms with Crippen LogP contribution < -0.4 is 4.90 Å². The fourth-order valence-corrected chi connectivity index (χ4v) is 3.81. The van der Waals surface area contributed by atoms with Gasteiger partial charge in [0.1, 0.15) is 5.82 Å². The van der Waals surface area contributed by atoms with E-state index in [0.29, 0.717) is 10.5 Å². The molecule has 4 heteroatoms. The number of rotatable bonds is 1. The van der Waals surface area contributed by atoms with Crippen molar-refractivity contribution in [1.82, 2.24) is 4.90 Å². The SMILES string of the molecule is Cc1cc(Br)c(F)cc1N1CCN2CCCCC2C1. The van der Waals surface area contributed by atoms with E-state index in [1.807, 2.05) is 6.07 Å². The molecular formula is C15H20BrFN2. The third kappa shape index (κ3) is 2.65. The molecule has 0 amide bonds. The molecule has 2 fully saturated rings. The van der Waals surface area contributed by atoms with Crippen molar-refractivity contribution in [2.45, 2.75) is 32.2 Å². The van der Waals surface area contributed by atoms with Crippen molar-refractivity contribution in [2.75, 3.05) is 31.1 Å². The van der Waals surface area contributed by atoms with Gasteiger partial charge in [-0.3, -0.25) is 4.90 Å². The van der Waals surface area contributed by atoms with Gasteiger partial charge in [-0.2, -0.15) is 0 Å². The van der Waals surface area contributed by atoms with Crippen molar-refractivity contribution in [3.8, 4) is 0 Å². The molecule has 0 radical (unpaired) electrons. The fourth-order valence-electron chi connectivity index (χ4n) is 3.35. The van der Waals surface area contributed by atoms with E-state index in [-0.39, 0.29) is 5.82 Å². The van der Waals surface area contributed by atoms with Crippen LogP contribution in [0.4, 0.5) is 10.1 Å². The third-order valence-electron chi connectivity index (χ3n) is 4.42. The number of piperazine rings is 1. The Morgan fingerprint density at radius 1 is 1.21 bits per heavy atom. The number of hydrogen-bond donors (Lipinski definition) is 0. The van der Waals surface area contributed by atoms with Gasteiger partial charge >= 0.3 is 0 Å². The molecule has 1 aromatic rings. The Kier molecular flexibility index (Phi) is 3.81. The van der Waals surface area contributed by atoms with Crippen LogP contribution in [0.3, 0.4) is 0 Å². The average Bonchev–Trinajstić information content (AvgIpc) is 2.42. The topological polar surface area (TPSA) is 6.48 Å². The molecule has 0 spiro atoms. The number of piperidine rings is 1. The monoisotopic (exact) mass is 326 g/mol. The molecule has 0 aliphatic carbocycles. The Hall–Kier alpha value is -0.610. The van der Waals surface area contributed by atoms with E-state index in [1.165, 1.54) is 25.8 Å². The average molecular weight is 327 g/mol. The predicted molar refractivity (Wildman–Crippen MR) is 80.3 cm³/mol. The first-order valence-electron chi connectivity index (χ1n) is 7.10. The van der Waals surface area contributed by atoms with Crippen molar-refractivity contribution >= 4 is 21.6 Å². The van der Waals surface area contributed by atoms with E-state index in [1.54, 1.807) is 6.07 Å². The van der Waals surface area contributed by atoms with Crippen LogP contribution in [0.5, 0.6) is 0 Å². The molecular weight excluding hydrogens is 307 g/mol. The van der Waals surface area contributed by atoms with E-state index < -0.39 is 0 Å². The molecule has 2 heterocycles. The van der Waals surface area contributed by atoms with E-state index in [2.05, 4.69) is 32.7 Å². The number of fused-ring (bicyclic) bond motifs is 1. The number of hydrogen-bond acceptors (Lipinski definition) is 2. The first-order valence-corrected chi connectivity index (χ1v) is 7.89. The summed E-state index contributed by atoms with van der Waals surface area (Å²) in [6.07, 6.45) is 3.96. The zero-order chi connectivity index (χ0) is 13.4. The summed E-state index contributed by atoms with van der Waals surface area (Å²) in [5.41, 5.74) is 2.21. The third-order valence-corrected chi connectivity index (χ3v) is 5.02. The number of aryl methyl sites for hydroxylation is 1. The van der Waals surface area contributed by atoms with Gasteiger partial charge in [0.05, 0.1) is 4.47 Å². The molecule has 0 saturated carbocycles. The molecule has 2 nitrogen and oxygen atoms in total. The molecule has 104 valence electrons. The Labute approximate surface area is 122 Å². The smallest absolute Gasteiger partial charge is 0.139 e. The molecule has 19 heavy (non-hydrogen) atoms. The highest BCUT2D eigenvalue weighted by Crippen LogP contribution is 2.30. The number of anilines is 1. The van der Waals surface area contributed by atoms with Crippen LogP contribution in [-0.4, -0.2) is 37.1 Å². The highest BCUT2D eigenvalue weighted by molar-refractivity contribution is 9.10. The maximum Gasteiger partial charge on any atom is 0.139 e. The molecule has 2 aliphatic rings. The highest BCUT2D eigenvalue weighted by atomic mass is 79.9. The lowest BCUT2D eigenvalue weighted by atomic mass is 9.99. The van der Waals surface area contributed by atoms with Gasteiger partial charge in [-0.25, -0.2) is 4.39 Å². The van der Waals surface area contributed by atoms with Gasteiger partial charge in [0.2, 0.25) is 0 Å². The fraction of sp³-hybridized carbons (Fsp3) is 0.600. The molecule has 0 N–H and O–H groups in total. The number of halogens is 2. The van der Waals surface area contributed by atoms with Crippen LogP contribution in [0.1, 0.15) is 24.8 Å². The predicted octanol–water partition coefficient (Wildman–Crippen LogP) is 3.57. The van der Waals surface area contributed by atoms with Crippen molar-refractivity contribution < 1.29 is 4.39 Å². The summed E-state index contributed by atoms with van der Waals surface area (Å²) in [7, 11) is 0. The van der Waals surface area contributed by atoms with E-state index >= 15 is 0 Å². The molecule has 0 bridgehead atoms. The van der Waals surface area contributed by atoms with Gasteiger partial charge < -0.3 is 4.90 Å². The van der Waals surface area contributed by atoms with Gasteiger partial charge in [-0.1, -0.05) is 6.42 Å². The lowest BCUT2D eigenvalue weighted by Gasteiger charge is -2.45. The first kappa shape index (κ1) is 13.4. The van der Waals surface area contributed by atoms with Gasteiger partial charge in [0.15, 0.2) is 0 Å². The standard InChI is InChI=1S/C15H20BrFN2/c1-11-8-13(16)14(17)9-15(11)19-7-6-18-5-3-2-4-12(18)10-19/h8-9,12H,2-7,10H2,1H3. The van der Waals surface area contributed by atoms with E-state index in [9.17, 15) is 4.39 Å². The summed E-state index contributed by atoms with van der Waals surface area (Å²) in [6.45, 7) is 6.47. The lowest BCUT2D eigenvalue weighted by Crippen LogP contribution is -2.55. The molecule has 1 aromatic carbocycles. The summed E-state index contributed by atoms with van der Waals surface area (Å²) in [4.78, 5) is 4.96. The zero-order valence-electron chi connectivity index (χ0n) is 11.3. The number of nitrogens with zero attached hydrogens (tertiary/aromatic N) is 2. The minimum absolute atomic E-state index is 0.160. The van der Waals surface area contributed by atoms with Crippen LogP contribution in [0.15, 0.2) is 16.6 Å². The van der Waals surface area contributed by atoms with Crippen LogP contribution in [-0.2, 0) is 0 Å². The second-order valence-electron chi connectivity index (χ2n) is 5.68. The Bertz CT molecular complexity index is 477. The molecule has 3 rings (SSSR count). The van der Waals surface area contributed by atoms with Gasteiger partial charge in [-0.15, -0.1) is 0 Å². The minimum atomic E-state index is -0.160. The Balaban J connectivity index is 1.81. The van der Waals surface area contributed by atoms with Gasteiger partial charge in [0, 0.05) is 31.4 Å². The van der Waals surface area contributed by atoms with Gasteiger partial charge in [-0.05, 0) is 59.9 Å². The second kappa shape index (κ2) is 5.41. The summed E-state index contributed by atoms with van der Waals surface area (Å²) < 4.78 is 14.3. The maximum absolute atomic E-state index is 13.8. The van der Waals surface area contributed by atoms with Crippen LogP contribution >= 0.6 is 15.9 Å². The summed E-state index contributed by atoms with van der Waals surface area (Å²) >= 11 is 3.26. The van der Waals surface area contributed by atoms with Crippen LogP contribution in [0.25, 0.3) is 0 Å². The molecule has 0 aromatic heterocycles. The maximum atomic E-state index is 13.8. The van der Waals surface area contributed by atoms with E-state index in [0.717, 1.165) is 30.9 Å². The summed E-state index contributed by atoms with van der Waals surface area (Å²) in [6, 6.07) is 4.23. The lowest BCUT2D eigenvalue weighted by molar-refractivity contribution is 0.133. The van der Waals surface area contributed by atoms with Gasteiger partial charge in [0.25, 0.3) is 0 Å².